The predicted octanol–water partition coefficient (Wildman–Crippen LogP) is 3.73. The molecule has 4 heteroatoms. The molecule has 0 aromatic carbocycles. The molecule has 0 saturated heterocycles. The molecule has 0 fully saturated rings. The second kappa shape index (κ2) is 13.7. The lowest BCUT2D eigenvalue weighted by Crippen LogP contribution is -2.18. The topological polar surface area (TPSA) is 51.6 Å². The highest BCUT2D eigenvalue weighted by Crippen LogP contribution is 2.05. The molecule has 1 rings (SSSR count). The SMILES string of the molecule is CCCCCCCCOCC(O)CCOCc1ccccn1. The van der Waals surface area contributed by atoms with Crippen molar-refractivity contribution in [2.24, 2.45) is 0 Å². The van der Waals surface area contributed by atoms with Crippen molar-refractivity contribution in [1.82, 2.24) is 4.98 Å². The molecule has 0 bridgehead atoms. The maximum Gasteiger partial charge on any atom is 0.0887 e. The Bertz CT molecular complexity index is 345. The molecule has 1 N–H and O–H groups in total. The summed E-state index contributed by atoms with van der Waals surface area (Å²) in [6.45, 7) is 4.40. The first-order chi connectivity index (χ1) is 10.8. The summed E-state index contributed by atoms with van der Waals surface area (Å²) in [6, 6.07) is 5.76. The van der Waals surface area contributed by atoms with Gasteiger partial charge in [0.25, 0.3) is 0 Å². The van der Waals surface area contributed by atoms with Gasteiger partial charge in [0, 0.05) is 19.4 Å². The van der Waals surface area contributed by atoms with E-state index in [1.54, 1.807) is 6.20 Å². The highest BCUT2D eigenvalue weighted by atomic mass is 16.5. The normalized spacial score (nSPS) is 12.5. The van der Waals surface area contributed by atoms with Crippen LogP contribution in [-0.4, -0.2) is 36.0 Å². The zero-order valence-electron chi connectivity index (χ0n) is 13.9. The third-order valence-corrected chi connectivity index (χ3v) is 3.52. The van der Waals surface area contributed by atoms with Crippen LogP contribution in [0.25, 0.3) is 0 Å². The Morgan fingerprint density at radius 3 is 2.64 bits per heavy atom. The van der Waals surface area contributed by atoms with Gasteiger partial charge in [-0.15, -0.1) is 0 Å². The molecule has 1 heterocycles. The van der Waals surface area contributed by atoms with Crippen LogP contribution in [0.2, 0.25) is 0 Å². The molecule has 0 aliphatic carbocycles. The first-order valence-corrected chi connectivity index (χ1v) is 8.56. The van der Waals surface area contributed by atoms with Crippen LogP contribution in [-0.2, 0) is 16.1 Å². The summed E-state index contributed by atoms with van der Waals surface area (Å²) >= 11 is 0. The quantitative estimate of drug-likeness (QED) is 0.532. The number of nitrogens with zero attached hydrogens (tertiary/aromatic N) is 1. The van der Waals surface area contributed by atoms with E-state index in [9.17, 15) is 5.11 Å². The first kappa shape index (κ1) is 19.1. The van der Waals surface area contributed by atoms with Crippen molar-refractivity contribution in [3.05, 3.63) is 30.1 Å². The van der Waals surface area contributed by atoms with Crippen LogP contribution in [0, 0.1) is 0 Å². The molecule has 126 valence electrons. The molecule has 1 unspecified atom stereocenters. The number of ether oxygens (including phenoxy) is 2. The smallest absolute Gasteiger partial charge is 0.0887 e. The number of aliphatic hydroxyl groups excluding tert-OH is 1. The number of rotatable bonds is 14. The van der Waals surface area contributed by atoms with Crippen LogP contribution in [0.3, 0.4) is 0 Å². The van der Waals surface area contributed by atoms with Crippen molar-refractivity contribution in [2.75, 3.05) is 19.8 Å². The average molecular weight is 309 g/mol. The maximum absolute atomic E-state index is 9.80. The van der Waals surface area contributed by atoms with Crippen molar-refractivity contribution in [1.29, 1.82) is 0 Å². The molecule has 1 atom stereocenters. The minimum absolute atomic E-state index is 0.405. The fourth-order valence-electron chi connectivity index (χ4n) is 2.17. The van der Waals surface area contributed by atoms with Crippen LogP contribution >= 0.6 is 0 Å². The molecule has 4 nitrogen and oxygen atoms in total. The summed E-state index contributed by atoms with van der Waals surface area (Å²) < 4.78 is 11.0. The standard InChI is InChI=1S/C18H31NO3/c1-2-3-4-5-6-9-13-21-16-18(20)11-14-22-15-17-10-7-8-12-19-17/h7-8,10,12,18,20H,2-6,9,11,13-16H2,1H3. The van der Waals surface area contributed by atoms with Crippen LogP contribution in [0.4, 0.5) is 0 Å². The zero-order chi connectivity index (χ0) is 15.9. The lowest BCUT2D eigenvalue weighted by Gasteiger charge is -2.11. The van der Waals surface area contributed by atoms with Crippen LogP contribution in [0.1, 0.15) is 57.6 Å². The molecular formula is C18H31NO3. The first-order valence-electron chi connectivity index (χ1n) is 8.56. The van der Waals surface area contributed by atoms with Crippen LogP contribution in [0.15, 0.2) is 24.4 Å². The molecule has 0 aliphatic heterocycles. The molecule has 0 amide bonds. The van der Waals surface area contributed by atoms with E-state index < -0.39 is 6.10 Å². The fourth-order valence-corrected chi connectivity index (χ4v) is 2.17. The summed E-state index contributed by atoms with van der Waals surface area (Å²) in [5.41, 5.74) is 0.913. The molecule has 0 aliphatic rings. The summed E-state index contributed by atoms with van der Waals surface area (Å²) in [5.74, 6) is 0. The maximum atomic E-state index is 9.80. The average Bonchev–Trinajstić information content (AvgIpc) is 2.55. The Balaban J connectivity index is 1.86. The highest BCUT2D eigenvalue weighted by Gasteiger charge is 2.04. The van der Waals surface area contributed by atoms with Gasteiger partial charge < -0.3 is 14.6 Å². The van der Waals surface area contributed by atoms with E-state index in [4.69, 9.17) is 9.47 Å². The number of hydrogen-bond acceptors (Lipinski definition) is 4. The van der Waals surface area contributed by atoms with Gasteiger partial charge in [0.15, 0.2) is 0 Å². The lowest BCUT2D eigenvalue weighted by atomic mass is 10.1. The zero-order valence-corrected chi connectivity index (χ0v) is 13.9. The second-order valence-electron chi connectivity index (χ2n) is 5.66. The van der Waals surface area contributed by atoms with Gasteiger partial charge in [0.1, 0.15) is 0 Å². The van der Waals surface area contributed by atoms with Crippen LogP contribution < -0.4 is 0 Å². The van der Waals surface area contributed by atoms with E-state index >= 15 is 0 Å². The lowest BCUT2D eigenvalue weighted by molar-refractivity contribution is 0.00972. The third-order valence-electron chi connectivity index (χ3n) is 3.52. The largest absolute Gasteiger partial charge is 0.391 e. The molecule has 0 saturated carbocycles. The monoisotopic (exact) mass is 309 g/mol. The van der Waals surface area contributed by atoms with Gasteiger partial charge in [0.2, 0.25) is 0 Å². The van der Waals surface area contributed by atoms with E-state index in [0.717, 1.165) is 18.7 Å². The van der Waals surface area contributed by atoms with Gasteiger partial charge in [-0.3, -0.25) is 4.98 Å². The van der Waals surface area contributed by atoms with E-state index in [2.05, 4.69) is 11.9 Å². The molecule has 1 aromatic heterocycles. The van der Waals surface area contributed by atoms with Crippen molar-refractivity contribution in [2.45, 2.75) is 64.6 Å². The third kappa shape index (κ3) is 10.7. The van der Waals surface area contributed by atoms with Gasteiger partial charge in [-0.1, -0.05) is 45.1 Å². The summed E-state index contributed by atoms with van der Waals surface area (Å²) in [4.78, 5) is 4.18. The van der Waals surface area contributed by atoms with Gasteiger partial charge in [-0.05, 0) is 25.0 Å². The Labute approximate surface area is 134 Å². The molecule has 0 radical (unpaired) electrons. The number of aliphatic hydroxyl groups is 1. The Morgan fingerprint density at radius 1 is 1.05 bits per heavy atom. The van der Waals surface area contributed by atoms with Crippen LogP contribution in [0.5, 0.6) is 0 Å². The summed E-state index contributed by atoms with van der Waals surface area (Å²) in [7, 11) is 0. The molecule has 0 spiro atoms. The molecule has 1 aromatic rings. The minimum atomic E-state index is -0.441. The van der Waals surface area contributed by atoms with E-state index in [1.807, 2.05) is 18.2 Å². The van der Waals surface area contributed by atoms with E-state index in [0.29, 0.717) is 26.2 Å². The van der Waals surface area contributed by atoms with Gasteiger partial charge >= 0.3 is 0 Å². The number of hydrogen-bond donors (Lipinski definition) is 1. The molecular weight excluding hydrogens is 278 g/mol. The summed E-state index contributed by atoms with van der Waals surface area (Å²) in [5, 5.41) is 9.80. The fraction of sp³-hybridized carbons (Fsp3) is 0.722. The van der Waals surface area contributed by atoms with E-state index in [-0.39, 0.29) is 0 Å². The summed E-state index contributed by atoms with van der Waals surface area (Å²) in [6.07, 6.45) is 9.46. The van der Waals surface area contributed by atoms with Gasteiger partial charge in [-0.25, -0.2) is 0 Å². The number of pyridine rings is 1. The van der Waals surface area contributed by atoms with Crippen molar-refractivity contribution < 1.29 is 14.6 Å². The Morgan fingerprint density at radius 2 is 1.86 bits per heavy atom. The van der Waals surface area contributed by atoms with Crippen molar-refractivity contribution in [3.8, 4) is 0 Å². The second-order valence-corrected chi connectivity index (χ2v) is 5.66. The molecule has 22 heavy (non-hydrogen) atoms. The van der Waals surface area contributed by atoms with Crippen molar-refractivity contribution >= 4 is 0 Å². The number of unbranched alkanes of at least 4 members (excludes halogenated alkanes) is 5. The predicted molar refractivity (Wildman–Crippen MR) is 88.7 cm³/mol. The minimum Gasteiger partial charge on any atom is -0.391 e. The highest BCUT2D eigenvalue weighted by molar-refractivity contribution is 5.01. The van der Waals surface area contributed by atoms with E-state index in [1.165, 1.54) is 32.1 Å². The number of aromatic nitrogens is 1. The Kier molecular flexibility index (Phi) is 11.9. The Hall–Kier alpha value is -0.970. The van der Waals surface area contributed by atoms with Gasteiger partial charge in [-0.2, -0.15) is 0 Å². The van der Waals surface area contributed by atoms with Crippen molar-refractivity contribution in [3.63, 3.8) is 0 Å². The van der Waals surface area contributed by atoms with Gasteiger partial charge in [0.05, 0.1) is 25.0 Å².